The number of fused-ring (bicyclic) bond motifs is 1. The van der Waals surface area contributed by atoms with E-state index in [1.807, 2.05) is 26.9 Å². The van der Waals surface area contributed by atoms with Crippen LogP contribution in [0.4, 0.5) is 5.82 Å². The fraction of sp³-hybridized carbons (Fsp3) is 0.364. The molecule has 0 saturated carbocycles. The largest absolute Gasteiger partial charge is 0.381 e. The molecule has 3 aromatic heterocycles. The summed E-state index contributed by atoms with van der Waals surface area (Å²) in [4.78, 5) is 5.52. The van der Waals surface area contributed by atoms with Gasteiger partial charge in [0.1, 0.15) is 0 Å². The highest BCUT2D eigenvalue weighted by Crippen LogP contribution is 2.20. The van der Waals surface area contributed by atoms with Gasteiger partial charge in [-0.05, 0) is 5.92 Å². The lowest BCUT2D eigenvalue weighted by Crippen LogP contribution is -2.09. The minimum absolute atomic E-state index is 0.295. The molecule has 0 spiro atoms. The van der Waals surface area contributed by atoms with E-state index in [1.165, 1.54) is 0 Å². The summed E-state index contributed by atoms with van der Waals surface area (Å²) in [6, 6.07) is 0. The molecule has 0 unspecified atom stereocenters. The summed E-state index contributed by atoms with van der Waals surface area (Å²) in [7, 11) is 0. The number of hydrogen-bond donors (Lipinski definition) is 1. The second-order valence-corrected chi connectivity index (χ2v) is 5.37. The molecule has 0 aliphatic heterocycles. The molecule has 0 atom stereocenters. The summed E-state index contributed by atoms with van der Waals surface area (Å²) in [5.41, 5.74) is 7.76. The van der Waals surface area contributed by atoms with Gasteiger partial charge in [-0.15, -0.1) is 16.4 Å². The van der Waals surface area contributed by atoms with Crippen LogP contribution in [-0.2, 0) is 6.54 Å². The molecular weight excluding hydrogens is 248 g/mol. The third-order valence-corrected chi connectivity index (χ3v) is 3.57. The van der Waals surface area contributed by atoms with Crippen LogP contribution >= 0.6 is 11.3 Å². The average molecular weight is 262 g/mol. The number of nitrogens with zero attached hydrogens (tertiary/aromatic N) is 5. The molecule has 0 fully saturated rings. The standard InChI is InChI=1S/C11H14N6S/c1-7(2)9-10(12)14-15-17(9)6-8-5-16-3-4-18-11(16)13-8/h3-5,7H,6,12H2,1-2H3. The van der Waals surface area contributed by atoms with E-state index < -0.39 is 0 Å². The van der Waals surface area contributed by atoms with Crippen molar-refractivity contribution in [2.45, 2.75) is 26.3 Å². The molecule has 0 aromatic carbocycles. The fourth-order valence-electron chi connectivity index (χ4n) is 2.05. The lowest BCUT2D eigenvalue weighted by Gasteiger charge is -2.07. The van der Waals surface area contributed by atoms with E-state index in [1.54, 1.807) is 11.3 Å². The number of imidazole rings is 1. The Hall–Kier alpha value is -1.89. The van der Waals surface area contributed by atoms with E-state index in [9.17, 15) is 0 Å². The highest BCUT2D eigenvalue weighted by atomic mass is 32.1. The van der Waals surface area contributed by atoms with Crippen LogP contribution < -0.4 is 5.73 Å². The van der Waals surface area contributed by atoms with Crippen LogP contribution in [0, 0.1) is 0 Å². The number of nitrogen functional groups attached to an aromatic ring is 1. The average Bonchev–Trinajstić information content (AvgIpc) is 2.93. The molecule has 18 heavy (non-hydrogen) atoms. The fourth-order valence-corrected chi connectivity index (χ4v) is 2.77. The van der Waals surface area contributed by atoms with Crippen molar-refractivity contribution in [1.29, 1.82) is 0 Å². The Kier molecular flexibility index (Phi) is 2.55. The van der Waals surface area contributed by atoms with Gasteiger partial charge < -0.3 is 5.73 Å². The monoisotopic (exact) mass is 262 g/mol. The summed E-state index contributed by atoms with van der Waals surface area (Å²) in [6.07, 6.45) is 4.00. The predicted octanol–water partition coefficient (Wildman–Crippen LogP) is 1.74. The molecule has 0 amide bonds. The van der Waals surface area contributed by atoms with Crippen molar-refractivity contribution < 1.29 is 0 Å². The molecule has 2 N–H and O–H groups in total. The molecular formula is C11H14N6S. The molecule has 0 radical (unpaired) electrons. The van der Waals surface area contributed by atoms with Gasteiger partial charge in [-0.1, -0.05) is 19.1 Å². The second kappa shape index (κ2) is 4.09. The van der Waals surface area contributed by atoms with Crippen LogP contribution in [0.1, 0.15) is 31.2 Å². The van der Waals surface area contributed by atoms with Crippen LogP contribution in [0.5, 0.6) is 0 Å². The maximum atomic E-state index is 5.83. The van der Waals surface area contributed by atoms with E-state index in [2.05, 4.69) is 29.1 Å². The number of nitrogens with two attached hydrogens (primary N) is 1. The minimum atomic E-state index is 0.295. The first-order chi connectivity index (χ1) is 8.65. The van der Waals surface area contributed by atoms with Crippen LogP contribution in [0.25, 0.3) is 4.96 Å². The second-order valence-electron chi connectivity index (χ2n) is 4.50. The number of anilines is 1. The number of thiazole rings is 1. The van der Waals surface area contributed by atoms with Crippen molar-refractivity contribution in [3.8, 4) is 0 Å². The molecule has 94 valence electrons. The van der Waals surface area contributed by atoms with Gasteiger partial charge in [0, 0.05) is 17.8 Å². The number of hydrogen-bond acceptors (Lipinski definition) is 5. The normalized spacial score (nSPS) is 11.7. The van der Waals surface area contributed by atoms with Crippen LogP contribution in [0.3, 0.4) is 0 Å². The first-order valence-electron chi connectivity index (χ1n) is 5.75. The Bertz CT molecular complexity index is 648. The molecule has 0 bridgehead atoms. The van der Waals surface area contributed by atoms with Crippen molar-refractivity contribution in [2.24, 2.45) is 0 Å². The van der Waals surface area contributed by atoms with Gasteiger partial charge >= 0.3 is 0 Å². The van der Waals surface area contributed by atoms with Gasteiger partial charge in [-0.25, -0.2) is 9.67 Å². The van der Waals surface area contributed by atoms with Crippen molar-refractivity contribution in [3.05, 3.63) is 29.2 Å². The molecule has 3 rings (SSSR count). The summed E-state index contributed by atoms with van der Waals surface area (Å²) < 4.78 is 3.84. The molecule has 3 heterocycles. The number of aromatic nitrogens is 5. The first kappa shape index (κ1) is 11.2. The van der Waals surface area contributed by atoms with Crippen LogP contribution in [0.15, 0.2) is 17.8 Å². The Labute approximate surface area is 108 Å². The highest BCUT2D eigenvalue weighted by molar-refractivity contribution is 7.15. The Balaban J connectivity index is 1.95. The van der Waals surface area contributed by atoms with Gasteiger partial charge in [0.05, 0.1) is 17.9 Å². The van der Waals surface area contributed by atoms with E-state index in [4.69, 9.17) is 5.73 Å². The third kappa shape index (κ3) is 1.76. The smallest absolute Gasteiger partial charge is 0.193 e. The van der Waals surface area contributed by atoms with Crippen molar-refractivity contribution in [2.75, 3.05) is 5.73 Å². The van der Waals surface area contributed by atoms with Gasteiger partial charge in [0.2, 0.25) is 0 Å². The van der Waals surface area contributed by atoms with E-state index >= 15 is 0 Å². The van der Waals surface area contributed by atoms with Crippen molar-refractivity contribution in [3.63, 3.8) is 0 Å². The maximum Gasteiger partial charge on any atom is 0.193 e. The maximum absolute atomic E-state index is 5.83. The summed E-state index contributed by atoms with van der Waals surface area (Å²) >= 11 is 1.62. The lowest BCUT2D eigenvalue weighted by molar-refractivity contribution is 0.592. The van der Waals surface area contributed by atoms with Gasteiger partial charge in [0.25, 0.3) is 0 Å². The molecule has 7 heteroatoms. The zero-order valence-electron chi connectivity index (χ0n) is 10.2. The molecule has 0 aliphatic carbocycles. The number of rotatable bonds is 3. The summed E-state index contributed by atoms with van der Waals surface area (Å²) in [5, 5.41) is 10.0. The lowest BCUT2D eigenvalue weighted by atomic mass is 10.1. The SMILES string of the molecule is CC(C)c1c(N)nnn1Cc1cn2ccsc2n1. The van der Waals surface area contributed by atoms with Crippen LogP contribution in [-0.4, -0.2) is 24.4 Å². The Morgan fingerprint density at radius 1 is 1.44 bits per heavy atom. The zero-order valence-corrected chi connectivity index (χ0v) is 11.1. The molecule has 3 aromatic rings. The van der Waals surface area contributed by atoms with Crippen molar-refractivity contribution >= 4 is 22.1 Å². The van der Waals surface area contributed by atoms with Gasteiger partial charge in [0.15, 0.2) is 10.8 Å². The quantitative estimate of drug-likeness (QED) is 0.780. The third-order valence-electron chi connectivity index (χ3n) is 2.80. The van der Waals surface area contributed by atoms with Crippen LogP contribution in [0.2, 0.25) is 0 Å². The Morgan fingerprint density at radius 3 is 3.00 bits per heavy atom. The van der Waals surface area contributed by atoms with Gasteiger partial charge in [-0.3, -0.25) is 4.40 Å². The predicted molar refractivity (Wildman–Crippen MR) is 70.7 cm³/mol. The Morgan fingerprint density at radius 2 is 2.28 bits per heavy atom. The van der Waals surface area contributed by atoms with E-state index in [0.717, 1.165) is 16.3 Å². The molecule has 6 nitrogen and oxygen atoms in total. The summed E-state index contributed by atoms with van der Waals surface area (Å²) in [5.74, 6) is 0.801. The molecule has 0 saturated heterocycles. The first-order valence-corrected chi connectivity index (χ1v) is 6.63. The summed E-state index contributed by atoms with van der Waals surface area (Å²) in [6.45, 7) is 4.76. The van der Waals surface area contributed by atoms with Crippen molar-refractivity contribution in [1.82, 2.24) is 24.4 Å². The minimum Gasteiger partial charge on any atom is -0.381 e. The topological polar surface area (TPSA) is 74.0 Å². The molecule has 0 aliphatic rings. The zero-order chi connectivity index (χ0) is 12.7. The van der Waals surface area contributed by atoms with Gasteiger partial charge in [-0.2, -0.15) is 0 Å². The van der Waals surface area contributed by atoms with E-state index in [0.29, 0.717) is 18.3 Å². The van der Waals surface area contributed by atoms with E-state index in [-0.39, 0.29) is 0 Å². The highest BCUT2D eigenvalue weighted by Gasteiger charge is 2.15.